The lowest BCUT2D eigenvalue weighted by Gasteiger charge is -2.18. The lowest BCUT2D eigenvalue weighted by atomic mass is 10.0. The molecule has 2 heterocycles. The number of rotatable bonds is 8. The first-order valence-electron chi connectivity index (χ1n) is 10.1. The van der Waals surface area contributed by atoms with E-state index in [4.69, 9.17) is 30.6 Å². The molecule has 0 radical (unpaired) electrons. The molecule has 1 aliphatic carbocycles. The number of fused-ring (bicyclic) bond motifs is 1. The molecule has 8 nitrogen and oxygen atoms in total. The molecule has 0 spiro atoms. The fourth-order valence-corrected chi connectivity index (χ4v) is 5.79. The van der Waals surface area contributed by atoms with E-state index in [0.717, 1.165) is 48.0 Å². The van der Waals surface area contributed by atoms with Crippen molar-refractivity contribution in [1.82, 2.24) is 9.97 Å². The van der Waals surface area contributed by atoms with Crippen molar-refractivity contribution in [2.45, 2.75) is 56.8 Å². The molecule has 2 fully saturated rings. The van der Waals surface area contributed by atoms with Crippen LogP contribution < -0.4 is 5.32 Å². The minimum atomic E-state index is -2.15. The smallest absolute Gasteiger partial charge is 0.224 e. The van der Waals surface area contributed by atoms with E-state index in [0.29, 0.717) is 6.04 Å². The topological polar surface area (TPSA) is 117 Å². The summed E-state index contributed by atoms with van der Waals surface area (Å²) in [6, 6.07) is 6.49. The van der Waals surface area contributed by atoms with Gasteiger partial charge in [0.1, 0.15) is 5.82 Å². The van der Waals surface area contributed by atoms with Crippen LogP contribution >= 0.6 is 28.4 Å². The maximum atomic E-state index is 9.69. The standard InChI is InChI=1S/C19H26ClN3O5P2/c20-19-22-16-9-12(5-7-15(16)18(23-19)21-13-3-1-2-4-13)17-8-6-14(28-17)10-27-30(26)11-29(24)25/h5,7,9,13-14,17,24-26H,1-4,6,8,10-11H2,(H,21,22,23). The molecule has 1 aliphatic heterocycles. The summed E-state index contributed by atoms with van der Waals surface area (Å²) in [5.41, 5.74) is 1.81. The van der Waals surface area contributed by atoms with Crippen molar-refractivity contribution in [2.24, 2.45) is 0 Å². The predicted molar refractivity (Wildman–Crippen MR) is 119 cm³/mol. The van der Waals surface area contributed by atoms with Gasteiger partial charge in [-0.2, -0.15) is 0 Å². The Hall–Kier alpha value is -0.690. The molecule has 0 amide bonds. The lowest BCUT2D eigenvalue weighted by molar-refractivity contribution is 0.0178. The largest absolute Gasteiger partial charge is 0.368 e. The number of nitrogens with zero attached hydrogens (tertiary/aromatic N) is 2. The molecular weight excluding hydrogens is 448 g/mol. The van der Waals surface area contributed by atoms with Gasteiger partial charge in [0.15, 0.2) is 16.8 Å². The van der Waals surface area contributed by atoms with Crippen molar-refractivity contribution in [1.29, 1.82) is 0 Å². The highest BCUT2D eigenvalue weighted by atomic mass is 35.5. The summed E-state index contributed by atoms with van der Waals surface area (Å²) in [5, 5.41) is 4.69. The average Bonchev–Trinajstić information content (AvgIpc) is 3.37. The Balaban J connectivity index is 1.42. The Labute approximate surface area is 182 Å². The van der Waals surface area contributed by atoms with Crippen LogP contribution in [0.3, 0.4) is 0 Å². The first kappa shape index (κ1) is 22.5. The van der Waals surface area contributed by atoms with E-state index >= 15 is 0 Å². The SMILES string of the molecule is OP(O)CP(O)OCC1CCC(c2ccc3c(NC4CCCC4)nc(Cl)nc3c2)O1. The summed E-state index contributed by atoms with van der Waals surface area (Å²) in [6.07, 6.45) is 6.19. The van der Waals surface area contributed by atoms with Gasteiger partial charge in [-0.25, -0.2) is 9.97 Å². The second-order valence-electron chi connectivity index (χ2n) is 7.73. The van der Waals surface area contributed by atoms with Crippen LogP contribution in [-0.4, -0.2) is 49.3 Å². The summed E-state index contributed by atoms with van der Waals surface area (Å²) in [6.45, 7) is 0.235. The number of ether oxygens (including phenoxy) is 1. The summed E-state index contributed by atoms with van der Waals surface area (Å²) >= 11 is 6.19. The lowest BCUT2D eigenvalue weighted by Crippen LogP contribution is -2.16. The van der Waals surface area contributed by atoms with E-state index in [-0.39, 0.29) is 30.0 Å². The van der Waals surface area contributed by atoms with Gasteiger partial charge in [0.25, 0.3) is 0 Å². The maximum absolute atomic E-state index is 9.69. The molecule has 3 atom stereocenters. The fraction of sp³-hybridized carbons (Fsp3) is 0.579. The molecule has 1 saturated carbocycles. The minimum Gasteiger partial charge on any atom is -0.368 e. The van der Waals surface area contributed by atoms with Gasteiger partial charge >= 0.3 is 0 Å². The van der Waals surface area contributed by atoms with E-state index in [1.54, 1.807) is 0 Å². The average molecular weight is 474 g/mol. The molecular formula is C19H26ClN3O5P2. The van der Waals surface area contributed by atoms with Gasteiger partial charge in [0, 0.05) is 11.4 Å². The van der Waals surface area contributed by atoms with Crippen molar-refractivity contribution < 1.29 is 23.9 Å². The van der Waals surface area contributed by atoms with Crippen molar-refractivity contribution in [3.8, 4) is 0 Å². The normalized spacial score (nSPS) is 23.5. The zero-order valence-electron chi connectivity index (χ0n) is 16.4. The quantitative estimate of drug-likeness (QED) is 0.328. The third-order valence-electron chi connectivity index (χ3n) is 5.53. The van der Waals surface area contributed by atoms with Crippen LogP contribution in [-0.2, 0) is 9.26 Å². The number of nitrogens with one attached hydrogen (secondary N) is 1. The van der Waals surface area contributed by atoms with Crippen molar-refractivity contribution >= 4 is 45.1 Å². The molecule has 30 heavy (non-hydrogen) atoms. The molecule has 0 bridgehead atoms. The van der Waals surface area contributed by atoms with Crippen LogP contribution in [0.15, 0.2) is 18.2 Å². The summed E-state index contributed by atoms with van der Waals surface area (Å²) in [5.74, 6) is 0.662. The third kappa shape index (κ3) is 5.76. The van der Waals surface area contributed by atoms with Crippen LogP contribution in [0.1, 0.15) is 50.2 Å². The highest BCUT2D eigenvalue weighted by Crippen LogP contribution is 2.45. The number of halogens is 1. The molecule has 3 unspecified atom stereocenters. The molecule has 2 aromatic rings. The van der Waals surface area contributed by atoms with Gasteiger partial charge < -0.3 is 29.3 Å². The van der Waals surface area contributed by atoms with Gasteiger partial charge in [-0.3, -0.25) is 0 Å². The minimum absolute atomic E-state index is 0.0827. The monoisotopic (exact) mass is 473 g/mol. The molecule has 1 saturated heterocycles. The molecule has 11 heteroatoms. The zero-order valence-corrected chi connectivity index (χ0v) is 19.0. The van der Waals surface area contributed by atoms with E-state index in [2.05, 4.69) is 15.3 Å². The molecule has 1 aromatic heterocycles. The molecule has 4 rings (SSSR count). The Morgan fingerprint density at radius 3 is 2.70 bits per heavy atom. The Bertz CT molecular complexity index is 871. The van der Waals surface area contributed by atoms with E-state index < -0.39 is 16.8 Å². The molecule has 2 aliphatic rings. The Morgan fingerprint density at radius 1 is 1.13 bits per heavy atom. The van der Waals surface area contributed by atoms with Crippen molar-refractivity contribution in [3.05, 3.63) is 29.0 Å². The molecule has 1 aromatic carbocycles. The number of benzene rings is 1. The first-order chi connectivity index (χ1) is 14.5. The van der Waals surface area contributed by atoms with Gasteiger partial charge in [0.2, 0.25) is 5.28 Å². The number of hydrogen-bond acceptors (Lipinski definition) is 8. The van der Waals surface area contributed by atoms with Crippen LogP contribution in [0.2, 0.25) is 5.28 Å². The second-order valence-corrected chi connectivity index (χ2v) is 10.9. The second kappa shape index (κ2) is 10.3. The highest BCUT2D eigenvalue weighted by molar-refractivity contribution is 7.63. The third-order valence-corrected chi connectivity index (χ3v) is 8.12. The number of anilines is 1. The van der Waals surface area contributed by atoms with Crippen LogP contribution in [0.25, 0.3) is 10.9 Å². The fourth-order valence-electron chi connectivity index (χ4n) is 4.08. The van der Waals surface area contributed by atoms with Gasteiger partial charge in [-0.1, -0.05) is 18.9 Å². The zero-order chi connectivity index (χ0) is 21.1. The number of hydrogen-bond donors (Lipinski definition) is 4. The van der Waals surface area contributed by atoms with E-state index in [1.807, 2.05) is 18.2 Å². The number of aromatic nitrogens is 2. The Morgan fingerprint density at radius 2 is 1.93 bits per heavy atom. The van der Waals surface area contributed by atoms with E-state index in [1.165, 1.54) is 12.8 Å². The van der Waals surface area contributed by atoms with Gasteiger partial charge in [-0.15, -0.1) is 0 Å². The van der Waals surface area contributed by atoms with E-state index in [9.17, 15) is 4.89 Å². The van der Waals surface area contributed by atoms with Gasteiger partial charge in [0.05, 0.1) is 30.2 Å². The molecule has 4 N–H and O–H groups in total. The van der Waals surface area contributed by atoms with Crippen molar-refractivity contribution in [2.75, 3.05) is 17.8 Å². The Kier molecular flexibility index (Phi) is 7.71. The maximum Gasteiger partial charge on any atom is 0.224 e. The molecule has 164 valence electrons. The van der Waals surface area contributed by atoms with Crippen molar-refractivity contribution in [3.63, 3.8) is 0 Å². The van der Waals surface area contributed by atoms with Gasteiger partial charge in [-0.05, 0) is 55.0 Å². The highest BCUT2D eigenvalue weighted by Gasteiger charge is 2.28. The first-order valence-corrected chi connectivity index (χ1v) is 13.3. The van der Waals surface area contributed by atoms with Crippen LogP contribution in [0, 0.1) is 0 Å². The van der Waals surface area contributed by atoms with Crippen LogP contribution in [0.5, 0.6) is 0 Å². The summed E-state index contributed by atoms with van der Waals surface area (Å²) < 4.78 is 11.4. The predicted octanol–water partition coefficient (Wildman–Crippen LogP) is 4.43. The summed E-state index contributed by atoms with van der Waals surface area (Å²) in [7, 11) is -3.98. The summed E-state index contributed by atoms with van der Waals surface area (Å²) in [4.78, 5) is 36.4. The van der Waals surface area contributed by atoms with Crippen LogP contribution in [0.4, 0.5) is 5.82 Å².